The van der Waals surface area contributed by atoms with Crippen LogP contribution in [0.15, 0.2) is 24.3 Å². The first-order valence-corrected chi connectivity index (χ1v) is 6.98. The topological polar surface area (TPSA) is 50.7 Å². The summed E-state index contributed by atoms with van der Waals surface area (Å²) >= 11 is 0. The standard InChI is InChI=1S/C15H21NO3/c17-11-15(5-7-18-8-6-15)16-9-12-10-19-14-4-2-1-3-13(12)14/h1-4,12,16-17H,5-11H2. The fourth-order valence-corrected chi connectivity index (χ4v) is 2.89. The first-order valence-electron chi connectivity index (χ1n) is 6.98. The third-order valence-corrected chi connectivity index (χ3v) is 4.27. The summed E-state index contributed by atoms with van der Waals surface area (Å²) in [4.78, 5) is 0. The molecule has 4 nitrogen and oxygen atoms in total. The SMILES string of the molecule is OCC1(NCC2COc3ccccc32)CCOCC1. The van der Waals surface area contributed by atoms with E-state index in [0.717, 1.165) is 45.0 Å². The van der Waals surface area contributed by atoms with Gasteiger partial charge in [0.25, 0.3) is 0 Å². The van der Waals surface area contributed by atoms with Gasteiger partial charge in [-0.25, -0.2) is 0 Å². The van der Waals surface area contributed by atoms with E-state index in [9.17, 15) is 5.11 Å². The number of hydrogen-bond donors (Lipinski definition) is 2. The molecule has 19 heavy (non-hydrogen) atoms. The van der Waals surface area contributed by atoms with Crippen molar-refractivity contribution >= 4 is 0 Å². The molecule has 0 spiro atoms. The molecule has 104 valence electrons. The second kappa shape index (κ2) is 5.49. The Labute approximate surface area is 113 Å². The predicted molar refractivity (Wildman–Crippen MR) is 72.6 cm³/mol. The Morgan fingerprint density at radius 1 is 1.26 bits per heavy atom. The van der Waals surface area contributed by atoms with E-state index in [4.69, 9.17) is 9.47 Å². The molecule has 1 aromatic rings. The highest BCUT2D eigenvalue weighted by Crippen LogP contribution is 2.33. The molecule has 1 aromatic carbocycles. The van der Waals surface area contributed by atoms with Crippen molar-refractivity contribution in [2.24, 2.45) is 0 Å². The van der Waals surface area contributed by atoms with Gasteiger partial charge in [0.05, 0.1) is 13.2 Å². The van der Waals surface area contributed by atoms with Crippen LogP contribution in [0.3, 0.4) is 0 Å². The normalized spacial score (nSPS) is 24.8. The molecule has 2 heterocycles. The number of aliphatic hydroxyl groups is 1. The van der Waals surface area contributed by atoms with Crippen LogP contribution < -0.4 is 10.1 Å². The second-order valence-electron chi connectivity index (χ2n) is 5.48. The second-order valence-corrected chi connectivity index (χ2v) is 5.48. The number of ether oxygens (including phenoxy) is 2. The Hall–Kier alpha value is -1.10. The van der Waals surface area contributed by atoms with Crippen molar-refractivity contribution < 1.29 is 14.6 Å². The van der Waals surface area contributed by atoms with Crippen LogP contribution >= 0.6 is 0 Å². The summed E-state index contributed by atoms with van der Waals surface area (Å²) in [5, 5.41) is 13.2. The lowest BCUT2D eigenvalue weighted by molar-refractivity contribution is 0.0113. The van der Waals surface area contributed by atoms with E-state index in [0.29, 0.717) is 5.92 Å². The van der Waals surface area contributed by atoms with Gasteiger partial charge in [-0.05, 0) is 18.9 Å². The average Bonchev–Trinajstić information content (AvgIpc) is 2.89. The highest BCUT2D eigenvalue weighted by atomic mass is 16.5. The van der Waals surface area contributed by atoms with Crippen LogP contribution in [0, 0.1) is 0 Å². The van der Waals surface area contributed by atoms with Gasteiger partial charge in [-0.3, -0.25) is 0 Å². The van der Waals surface area contributed by atoms with Crippen molar-refractivity contribution in [3.63, 3.8) is 0 Å². The molecular formula is C15H21NO3. The molecule has 1 atom stereocenters. The molecular weight excluding hydrogens is 242 g/mol. The molecule has 2 aliphatic heterocycles. The van der Waals surface area contributed by atoms with Crippen LogP contribution in [0.25, 0.3) is 0 Å². The van der Waals surface area contributed by atoms with E-state index >= 15 is 0 Å². The fraction of sp³-hybridized carbons (Fsp3) is 0.600. The molecule has 3 rings (SSSR count). The van der Waals surface area contributed by atoms with E-state index in [1.165, 1.54) is 5.56 Å². The zero-order valence-corrected chi connectivity index (χ0v) is 11.1. The molecule has 0 aliphatic carbocycles. The van der Waals surface area contributed by atoms with Crippen molar-refractivity contribution in [3.8, 4) is 5.75 Å². The van der Waals surface area contributed by atoms with Crippen LogP contribution in [0.5, 0.6) is 5.75 Å². The lowest BCUT2D eigenvalue weighted by atomic mass is 9.89. The molecule has 0 saturated carbocycles. The maximum absolute atomic E-state index is 9.66. The Morgan fingerprint density at radius 2 is 2.05 bits per heavy atom. The van der Waals surface area contributed by atoms with Gasteiger partial charge in [0.1, 0.15) is 5.75 Å². The number of fused-ring (bicyclic) bond motifs is 1. The largest absolute Gasteiger partial charge is 0.493 e. The smallest absolute Gasteiger partial charge is 0.122 e. The lowest BCUT2D eigenvalue weighted by Crippen LogP contribution is -2.53. The number of rotatable bonds is 4. The van der Waals surface area contributed by atoms with Gasteiger partial charge >= 0.3 is 0 Å². The minimum Gasteiger partial charge on any atom is -0.493 e. The summed E-state index contributed by atoms with van der Waals surface area (Å²) in [6.07, 6.45) is 1.75. The first kappa shape index (κ1) is 12.9. The van der Waals surface area contributed by atoms with Gasteiger partial charge in [-0.15, -0.1) is 0 Å². The van der Waals surface area contributed by atoms with Gasteiger partial charge in [-0.1, -0.05) is 18.2 Å². The summed E-state index contributed by atoms with van der Waals surface area (Å²) in [6, 6.07) is 8.20. The predicted octanol–water partition coefficient (Wildman–Crippen LogP) is 1.29. The molecule has 0 amide bonds. The monoisotopic (exact) mass is 263 g/mol. The van der Waals surface area contributed by atoms with Crippen molar-refractivity contribution in [2.75, 3.05) is 33.0 Å². The quantitative estimate of drug-likeness (QED) is 0.859. The summed E-state index contributed by atoms with van der Waals surface area (Å²) in [5.41, 5.74) is 1.10. The first-order chi connectivity index (χ1) is 9.33. The van der Waals surface area contributed by atoms with Crippen LogP contribution in [0.4, 0.5) is 0 Å². The average molecular weight is 263 g/mol. The molecule has 0 radical (unpaired) electrons. The highest BCUT2D eigenvalue weighted by molar-refractivity contribution is 5.39. The van der Waals surface area contributed by atoms with E-state index in [1.54, 1.807) is 0 Å². The zero-order valence-electron chi connectivity index (χ0n) is 11.1. The minimum atomic E-state index is -0.171. The van der Waals surface area contributed by atoms with E-state index < -0.39 is 0 Å². The minimum absolute atomic E-state index is 0.171. The Balaban J connectivity index is 1.63. The summed E-state index contributed by atoms with van der Waals surface area (Å²) in [5.74, 6) is 1.38. The van der Waals surface area contributed by atoms with E-state index in [1.807, 2.05) is 12.1 Å². The molecule has 4 heteroatoms. The van der Waals surface area contributed by atoms with Crippen LogP contribution in [-0.4, -0.2) is 43.6 Å². The third kappa shape index (κ3) is 2.61. The number of aliphatic hydroxyl groups excluding tert-OH is 1. The van der Waals surface area contributed by atoms with Gasteiger partial charge in [0.15, 0.2) is 0 Å². The molecule has 0 bridgehead atoms. The summed E-state index contributed by atoms with van der Waals surface area (Å²) < 4.78 is 11.1. The summed E-state index contributed by atoms with van der Waals surface area (Å²) in [6.45, 7) is 3.20. The number of nitrogens with one attached hydrogen (secondary N) is 1. The van der Waals surface area contributed by atoms with Gasteiger partial charge in [0, 0.05) is 36.8 Å². The fourth-order valence-electron chi connectivity index (χ4n) is 2.89. The molecule has 1 fully saturated rings. The third-order valence-electron chi connectivity index (χ3n) is 4.27. The maximum atomic E-state index is 9.66. The molecule has 1 unspecified atom stereocenters. The number of hydrogen-bond acceptors (Lipinski definition) is 4. The molecule has 2 N–H and O–H groups in total. The lowest BCUT2D eigenvalue weighted by Gasteiger charge is -2.37. The Kier molecular flexibility index (Phi) is 3.73. The van der Waals surface area contributed by atoms with Crippen LogP contribution in [0.1, 0.15) is 24.3 Å². The maximum Gasteiger partial charge on any atom is 0.122 e. The zero-order chi connectivity index (χ0) is 13.1. The molecule has 1 saturated heterocycles. The number of benzene rings is 1. The Morgan fingerprint density at radius 3 is 2.84 bits per heavy atom. The number of para-hydroxylation sites is 1. The van der Waals surface area contributed by atoms with Crippen molar-refractivity contribution in [2.45, 2.75) is 24.3 Å². The van der Waals surface area contributed by atoms with E-state index in [-0.39, 0.29) is 12.1 Å². The van der Waals surface area contributed by atoms with Gasteiger partial charge < -0.3 is 19.9 Å². The van der Waals surface area contributed by atoms with Crippen LogP contribution in [0.2, 0.25) is 0 Å². The van der Waals surface area contributed by atoms with Gasteiger partial charge in [0.2, 0.25) is 0 Å². The highest BCUT2D eigenvalue weighted by Gasteiger charge is 2.33. The molecule has 0 aromatic heterocycles. The van der Waals surface area contributed by atoms with Crippen LogP contribution in [-0.2, 0) is 4.74 Å². The Bertz CT molecular complexity index is 429. The summed E-state index contributed by atoms with van der Waals surface area (Å²) in [7, 11) is 0. The van der Waals surface area contributed by atoms with Crippen molar-refractivity contribution in [1.29, 1.82) is 0 Å². The molecule has 2 aliphatic rings. The van der Waals surface area contributed by atoms with Crippen molar-refractivity contribution in [1.82, 2.24) is 5.32 Å². The van der Waals surface area contributed by atoms with Gasteiger partial charge in [-0.2, -0.15) is 0 Å². The van der Waals surface area contributed by atoms with E-state index in [2.05, 4.69) is 17.4 Å². The van der Waals surface area contributed by atoms with Crippen molar-refractivity contribution in [3.05, 3.63) is 29.8 Å².